The lowest BCUT2D eigenvalue weighted by Crippen LogP contribution is -2.31. The summed E-state index contributed by atoms with van der Waals surface area (Å²) in [5, 5.41) is 1.23. The van der Waals surface area contributed by atoms with E-state index >= 15 is 0 Å². The number of rotatable bonds is 1. The summed E-state index contributed by atoms with van der Waals surface area (Å²) in [6.45, 7) is 7.70. The van der Waals surface area contributed by atoms with Gasteiger partial charge in [-0.1, -0.05) is 12.1 Å². The summed E-state index contributed by atoms with van der Waals surface area (Å²) in [5.41, 5.74) is 0.955. The van der Waals surface area contributed by atoms with Gasteiger partial charge in [-0.3, -0.25) is 0 Å². The van der Waals surface area contributed by atoms with Crippen molar-refractivity contribution >= 4 is 30.2 Å². The predicted molar refractivity (Wildman–Crippen MR) is 83.6 cm³/mol. The van der Waals surface area contributed by atoms with Crippen molar-refractivity contribution in [3.05, 3.63) is 34.7 Å². The van der Waals surface area contributed by atoms with Crippen molar-refractivity contribution in [1.29, 1.82) is 0 Å². The highest BCUT2D eigenvalue weighted by molar-refractivity contribution is 9.15. The van der Waals surface area contributed by atoms with Gasteiger partial charge in [0, 0.05) is 15.6 Å². The maximum Gasteiger partial charge on any atom is 0.201 e. The minimum atomic E-state index is -3.40. The van der Waals surface area contributed by atoms with Crippen LogP contribution in [0.5, 0.6) is 0 Å². The highest BCUT2D eigenvalue weighted by Crippen LogP contribution is 2.45. The Morgan fingerprint density at radius 2 is 1.90 bits per heavy atom. The molecule has 1 fully saturated rings. The Morgan fingerprint density at radius 3 is 2.48 bits per heavy atom. The number of benzene rings is 1. The van der Waals surface area contributed by atoms with Crippen molar-refractivity contribution < 1.29 is 17.9 Å². The van der Waals surface area contributed by atoms with Crippen LogP contribution in [0.2, 0.25) is 0 Å². The van der Waals surface area contributed by atoms with Gasteiger partial charge in [0.2, 0.25) is 9.84 Å². The molecule has 21 heavy (non-hydrogen) atoms. The standard InChI is InChI=1S/C15H17BrO4S/c1-9-14(2,3)20-15(4,19-9)10-5-6-11-12(16)8-21(17,18)13(11)7-10/h5-9H,1-4H3. The van der Waals surface area contributed by atoms with Crippen LogP contribution in [0.15, 0.2) is 28.5 Å². The van der Waals surface area contributed by atoms with E-state index < -0.39 is 21.2 Å². The monoisotopic (exact) mass is 372 g/mol. The van der Waals surface area contributed by atoms with Crippen LogP contribution in [0.4, 0.5) is 0 Å². The Hall–Kier alpha value is -0.690. The molecule has 0 bridgehead atoms. The van der Waals surface area contributed by atoms with Gasteiger partial charge in [-0.25, -0.2) is 8.42 Å². The van der Waals surface area contributed by atoms with E-state index in [0.717, 1.165) is 0 Å². The average molecular weight is 373 g/mol. The molecule has 0 spiro atoms. The normalized spacial score (nSPS) is 32.8. The van der Waals surface area contributed by atoms with Crippen LogP contribution in [0.25, 0.3) is 4.48 Å². The fourth-order valence-electron chi connectivity index (χ4n) is 2.72. The minimum absolute atomic E-state index is 0.0859. The Bertz CT molecular complexity index is 751. The Balaban J connectivity index is 2.08. The van der Waals surface area contributed by atoms with E-state index in [-0.39, 0.29) is 11.0 Å². The van der Waals surface area contributed by atoms with E-state index in [2.05, 4.69) is 15.9 Å². The average Bonchev–Trinajstić information content (AvgIpc) is 2.71. The third-order valence-corrected chi connectivity index (χ3v) is 6.62. The van der Waals surface area contributed by atoms with E-state index in [1.807, 2.05) is 33.8 Å². The van der Waals surface area contributed by atoms with Crippen LogP contribution < -0.4 is 0 Å². The van der Waals surface area contributed by atoms with Gasteiger partial charge >= 0.3 is 0 Å². The quantitative estimate of drug-likeness (QED) is 0.756. The third-order valence-electron chi connectivity index (χ3n) is 4.17. The molecule has 2 aliphatic rings. The predicted octanol–water partition coefficient (Wildman–Crippen LogP) is 3.55. The van der Waals surface area contributed by atoms with Crippen LogP contribution in [0.3, 0.4) is 0 Å². The maximum atomic E-state index is 12.1. The van der Waals surface area contributed by atoms with E-state index in [1.165, 1.54) is 5.41 Å². The number of hydrogen-bond acceptors (Lipinski definition) is 4. The maximum absolute atomic E-state index is 12.1. The molecule has 4 nitrogen and oxygen atoms in total. The molecule has 2 heterocycles. The Labute approximate surface area is 133 Å². The SMILES string of the molecule is CC1OC(C)(c2ccc3c(c2)S(=O)(=O)C=C3Br)OC1(C)C. The van der Waals surface area contributed by atoms with Crippen LogP contribution in [0, 0.1) is 0 Å². The van der Waals surface area contributed by atoms with Crippen LogP contribution in [-0.2, 0) is 25.1 Å². The second-order valence-corrected chi connectivity index (χ2v) is 8.75. The first-order chi connectivity index (χ1) is 9.55. The molecule has 1 saturated heterocycles. The van der Waals surface area contributed by atoms with E-state index in [0.29, 0.717) is 15.6 Å². The summed E-state index contributed by atoms with van der Waals surface area (Å²) >= 11 is 3.28. The highest BCUT2D eigenvalue weighted by Gasteiger charge is 2.48. The first-order valence-electron chi connectivity index (χ1n) is 6.70. The zero-order valence-electron chi connectivity index (χ0n) is 12.3. The summed E-state index contributed by atoms with van der Waals surface area (Å²) in [6, 6.07) is 5.27. The number of fused-ring (bicyclic) bond motifs is 1. The van der Waals surface area contributed by atoms with Crippen molar-refractivity contribution in [3.63, 3.8) is 0 Å². The number of ether oxygens (including phenoxy) is 2. The van der Waals surface area contributed by atoms with Crippen molar-refractivity contribution in [2.75, 3.05) is 0 Å². The zero-order valence-corrected chi connectivity index (χ0v) is 14.7. The molecule has 6 heteroatoms. The van der Waals surface area contributed by atoms with Gasteiger partial charge in [0.15, 0.2) is 5.79 Å². The first-order valence-corrected chi connectivity index (χ1v) is 9.04. The van der Waals surface area contributed by atoms with Crippen molar-refractivity contribution in [2.45, 2.75) is 50.1 Å². The summed E-state index contributed by atoms with van der Waals surface area (Å²) in [4.78, 5) is 0.289. The lowest BCUT2D eigenvalue weighted by atomic mass is 10.0. The molecule has 2 aliphatic heterocycles. The number of halogens is 1. The van der Waals surface area contributed by atoms with Gasteiger partial charge in [0.05, 0.1) is 22.0 Å². The second kappa shape index (κ2) is 4.41. The minimum Gasteiger partial charge on any atom is -0.340 e. The van der Waals surface area contributed by atoms with Gasteiger partial charge in [0.1, 0.15) is 0 Å². The molecule has 2 unspecified atom stereocenters. The molecule has 0 aliphatic carbocycles. The van der Waals surface area contributed by atoms with Gasteiger partial charge in [-0.2, -0.15) is 0 Å². The summed E-state index contributed by atoms with van der Waals surface area (Å²) in [5.74, 6) is -0.942. The largest absolute Gasteiger partial charge is 0.340 e. The smallest absolute Gasteiger partial charge is 0.201 e. The summed E-state index contributed by atoms with van der Waals surface area (Å²) < 4.78 is 36.9. The highest BCUT2D eigenvalue weighted by atomic mass is 79.9. The third kappa shape index (κ3) is 2.29. The lowest BCUT2D eigenvalue weighted by molar-refractivity contribution is -0.179. The topological polar surface area (TPSA) is 52.6 Å². The van der Waals surface area contributed by atoms with E-state index in [1.54, 1.807) is 12.1 Å². The number of sulfone groups is 1. The molecule has 3 rings (SSSR count). The van der Waals surface area contributed by atoms with Gasteiger partial charge in [-0.05, 0) is 49.7 Å². The Kier molecular flexibility index (Phi) is 3.20. The molecule has 114 valence electrons. The van der Waals surface area contributed by atoms with Crippen molar-refractivity contribution in [2.24, 2.45) is 0 Å². The molecule has 0 amide bonds. The lowest BCUT2D eigenvalue weighted by Gasteiger charge is -2.26. The molecule has 0 N–H and O–H groups in total. The van der Waals surface area contributed by atoms with Crippen molar-refractivity contribution in [1.82, 2.24) is 0 Å². The fourth-order valence-corrected chi connectivity index (χ4v) is 5.23. The fraction of sp³-hybridized carbons (Fsp3) is 0.467. The van der Waals surface area contributed by atoms with Crippen LogP contribution >= 0.6 is 15.9 Å². The molecule has 2 atom stereocenters. The summed E-state index contributed by atoms with van der Waals surface area (Å²) in [6.07, 6.45) is -0.0859. The van der Waals surface area contributed by atoms with Crippen LogP contribution in [-0.4, -0.2) is 20.1 Å². The van der Waals surface area contributed by atoms with Gasteiger partial charge < -0.3 is 9.47 Å². The zero-order chi connectivity index (χ0) is 15.6. The molecule has 0 aromatic heterocycles. The second-order valence-electron chi connectivity index (χ2n) is 6.13. The van der Waals surface area contributed by atoms with Crippen molar-refractivity contribution in [3.8, 4) is 0 Å². The van der Waals surface area contributed by atoms with E-state index in [4.69, 9.17) is 9.47 Å². The Morgan fingerprint density at radius 1 is 1.24 bits per heavy atom. The van der Waals surface area contributed by atoms with Crippen LogP contribution in [0.1, 0.15) is 38.8 Å². The molecule has 0 saturated carbocycles. The van der Waals surface area contributed by atoms with Gasteiger partial charge in [-0.15, -0.1) is 0 Å². The molecule has 1 aromatic rings. The molecule has 1 aromatic carbocycles. The van der Waals surface area contributed by atoms with Gasteiger partial charge in [0.25, 0.3) is 0 Å². The molecule has 0 radical (unpaired) electrons. The van der Waals surface area contributed by atoms with E-state index in [9.17, 15) is 8.42 Å². The number of hydrogen-bond donors (Lipinski definition) is 0. The summed E-state index contributed by atoms with van der Waals surface area (Å²) in [7, 11) is -3.40. The molecular formula is C15H17BrO4S. The first kappa shape index (κ1) is 15.2. The molecular weight excluding hydrogens is 356 g/mol.